The monoisotopic (exact) mass is 393 g/mol. The number of rotatable bonds is 6. The normalized spacial score (nSPS) is 19.7. The minimum absolute atomic E-state index is 0.0957. The van der Waals surface area contributed by atoms with E-state index < -0.39 is 0 Å². The number of benzene rings is 1. The van der Waals surface area contributed by atoms with E-state index in [4.69, 9.17) is 0 Å². The molecule has 1 amide bonds. The first-order chi connectivity index (χ1) is 14.3. The van der Waals surface area contributed by atoms with Crippen molar-refractivity contribution in [3.8, 4) is 0 Å². The molecule has 0 bridgehead atoms. The van der Waals surface area contributed by atoms with Crippen molar-refractivity contribution in [2.45, 2.75) is 37.5 Å². The minimum Gasteiger partial charge on any atom is -0.354 e. The molecule has 1 saturated heterocycles. The lowest BCUT2D eigenvalue weighted by Crippen LogP contribution is -2.51. The van der Waals surface area contributed by atoms with Crippen LogP contribution in [0, 0.1) is 0 Å². The maximum absolute atomic E-state index is 12.7. The van der Waals surface area contributed by atoms with Crippen molar-refractivity contribution < 1.29 is 4.79 Å². The van der Waals surface area contributed by atoms with Crippen LogP contribution in [0.3, 0.4) is 0 Å². The number of hydrogen-bond acceptors (Lipinski definition) is 5. The Morgan fingerprint density at radius 2 is 1.62 bits per heavy atom. The number of carbonyl (C=O) groups is 1. The molecule has 1 aromatic carbocycles. The van der Waals surface area contributed by atoms with E-state index in [1.807, 2.05) is 6.07 Å². The zero-order valence-electron chi connectivity index (χ0n) is 17.1. The molecule has 0 spiro atoms. The molecule has 1 saturated carbocycles. The van der Waals surface area contributed by atoms with E-state index in [1.54, 1.807) is 12.4 Å². The van der Waals surface area contributed by atoms with Gasteiger partial charge in [-0.3, -0.25) is 9.69 Å². The van der Waals surface area contributed by atoms with E-state index in [2.05, 4.69) is 55.4 Å². The number of hydrogen-bond donors (Lipinski definition) is 1. The quantitative estimate of drug-likeness (QED) is 0.817. The molecule has 2 fully saturated rings. The summed E-state index contributed by atoms with van der Waals surface area (Å²) in [4.78, 5) is 25.7. The Morgan fingerprint density at radius 1 is 0.931 bits per heavy atom. The van der Waals surface area contributed by atoms with Crippen LogP contribution in [0.1, 0.15) is 37.7 Å². The molecule has 2 heterocycles. The largest absolute Gasteiger partial charge is 0.354 e. The van der Waals surface area contributed by atoms with Gasteiger partial charge in [0.05, 0.1) is 6.54 Å². The molecule has 1 aliphatic heterocycles. The molecule has 1 aliphatic carbocycles. The van der Waals surface area contributed by atoms with Crippen LogP contribution in [0.2, 0.25) is 0 Å². The molecule has 0 atom stereocenters. The standard InChI is InChI=1S/C23H31N5O/c29-21(18-27-14-16-28(17-15-27)22-24-12-7-13-25-22)26-19-23(10-5-2-6-11-23)20-8-3-1-4-9-20/h1,3-4,7-9,12-13H,2,5-6,10-11,14-19H2,(H,26,29). The predicted molar refractivity (Wildman–Crippen MR) is 115 cm³/mol. The summed E-state index contributed by atoms with van der Waals surface area (Å²) in [6.45, 7) is 4.63. The highest BCUT2D eigenvalue weighted by atomic mass is 16.2. The maximum atomic E-state index is 12.7. The Hall–Kier alpha value is -2.47. The molecule has 0 unspecified atom stereocenters. The smallest absolute Gasteiger partial charge is 0.234 e. The summed E-state index contributed by atoms with van der Waals surface area (Å²) >= 11 is 0. The number of anilines is 1. The van der Waals surface area contributed by atoms with Crippen LogP contribution in [-0.2, 0) is 10.2 Å². The van der Waals surface area contributed by atoms with Gasteiger partial charge < -0.3 is 10.2 Å². The lowest BCUT2D eigenvalue weighted by Gasteiger charge is -2.38. The van der Waals surface area contributed by atoms with Crippen molar-refractivity contribution >= 4 is 11.9 Å². The average Bonchev–Trinajstić information content (AvgIpc) is 2.80. The summed E-state index contributed by atoms with van der Waals surface area (Å²) in [5.41, 5.74) is 1.47. The predicted octanol–water partition coefficient (Wildman–Crippen LogP) is 2.62. The third-order valence-corrected chi connectivity index (χ3v) is 6.40. The van der Waals surface area contributed by atoms with Crippen LogP contribution in [0.4, 0.5) is 5.95 Å². The fourth-order valence-electron chi connectivity index (χ4n) is 4.68. The zero-order valence-corrected chi connectivity index (χ0v) is 17.1. The molecule has 0 radical (unpaired) electrons. The van der Waals surface area contributed by atoms with Crippen LogP contribution >= 0.6 is 0 Å². The van der Waals surface area contributed by atoms with Crippen LogP contribution in [0.25, 0.3) is 0 Å². The molecule has 6 nitrogen and oxygen atoms in total. The van der Waals surface area contributed by atoms with Crippen molar-refractivity contribution in [3.63, 3.8) is 0 Å². The molecule has 1 aromatic heterocycles. The van der Waals surface area contributed by atoms with Gasteiger partial charge >= 0.3 is 0 Å². The van der Waals surface area contributed by atoms with Gasteiger partial charge in [0.15, 0.2) is 0 Å². The Kier molecular flexibility index (Phi) is 6.39. The van der Waals surface area contributed by atoms with Crippen LogP contribution in [0.5, 0.6) is 0 Å². The number of amides is 1. The summed E-state index contributed by atoms with van der Waals surface area (Å²) in [5, 5.41) is 3.26. The molecule has 2 aromatic rings. The lowest BCUT2D eigenvalue weighted by molar-refractivity contribution is -0.122. The van der Waals surface area contributed by atoms with E-state index in [1.165, 1.54) is 24.8 Å². The van der Waals surface area contributed by atoms with Gasteiger partial charge in [0.25, 0.3) is 0 Å². The van der Waals surface area contributed by atoms with Gasteiger partial charge in [-0.25, -0.2) is 9.97 Å². The second-order valence-electron chi connectivity index (χ2n) is 8.30. The van der Waals surface area contributed by atoms with Gasteiger partial charge in [-0.05, 0) is 24.5 Å². The fraction of sp³-hybridized carbons (Fsp3) is 0.522. The molecule has 154 valence electrons. The Bertz CT molecular complexity index is 768. The second kappa shape index (κ2) is 9.35. The highest BCUT2D eigenvalue weighted by Gasteiger charge is 2.34. The van der Waals surface area contributed by atoms with Crippen LogP contribution in [-0.4, -0.2) is 60.0 Å². The highest BCUT2D eigenvalue weighted by Crippen LogP contribution is 2.38. The van der Waals surface area contributed by atoms with Crippen molar-refractivity contribution in [3.05, 3.63) is 54.4 Å². The highest BCUT2D eigenvalue weighted by molar-refractivity contribution is 5.78. The van der Waals surface area contributed by atoms with E-state index in [0.717, 1.165) is 51.5 Å². The average molecular weight is 394 g/mol. The van der Waals surface area contributed by atoms with E-state index in [9.17, 15) is 4.79 Å². The minimum atomic E-state index is 0.0957. The van der Waals surface area contributed by atoms with Gasteiger partial charge in [-0.2, -0.15) is 0 Å². The molecular weight excluding hydrogens is 362 g/mol. The van der Waals surface area contributed by atoms with Gasteiger partial charge in [0.1, 0.15) is 0 Å². The third kappa shape index (κ3) is 4.93. The Morgan fingerprint density at radius 3 is 2.31 bits per heavy atom. The summed E-state index contributed by atoms with van der Waals surface area (Å²) in [6.07, 6.45) is 9.66. The molecule has 4 rings (SSSR count). The molecule has 6 heteroatoms. The first-order valence-electron chi connectivity index (χ1n) is 10.8. The fourth-order valence-corrected chi connectivity index (χ4v) is 4.68. The topological polar surface area (TPSA) is 61.4 Å². The van der Waals surface area contributed by atoms with Crippen molar-refractivity contribution in [1.82, 2.24) is 20.2 Å². The number of carbonyl (C=O) groups excluding carboxylic acids is 1. The number of piperazine rings is 1. The molecule has 29 heavy (non-hydrogen) atoms. The second-order valence-corrected chi connectivity index (χ2v) is 8.30. The van der Waals surface area contributed by atoms with Gasteiger partial charge in [-0.1, -0.05) is 49.6 Å². The summed E-state index contributed by atoms with van der Waals surface area (Å²) in [7, 11) is 0. The van der Waals surface area contributed by atoms with Crippen molar-refractivity contribution in [2.75, 3.05) is 44.2 Å². The van der Waals surface area contributed by atoms with Gasteiger partial charge in [0, 0.05) is 50.5 Å². The third-order valence-electron chi connectivity index (χ3n) is 6.40. The van der Waals surface area contributed by atoms with E-state index in [0.29, 0.717) is 6.54 Å². The first kappa shape index (κ1) is 19.8. The molecule has 1 N–H and O–H groups in total. The van der Waals surface area contributed by atoms with Gasteiger partial charge in [-0.15, -0.1) is 0 Å². The van der Waals surface area contributed by atoms with Crippen molar-refractivity contribution in [1.29, 1.82) is 0 Å². The Labute approximate surface area is 173 Å². The van der Waals surface area contributed by atoms with Gasteiger partial charge in [0.2, 0.25) is 11.9 Å². The lowest BCUT2D eigenvalue weighted by atomic mass is 9.69. The molecular formula is C23H31N5O. The number of nitrogens with one attached hydrogen (secondary N) is 1. The SMILES string of the molecule is O=C(CN1CCN(c2ncccn2)CC1)NCC1(c2ccccc2)CCCCC1. The number of nitrogens with zero attached hydrogens (tertiary/aromatic N) is 4. The summed E-state index contributed by atoms with van der Waals surface area (Å²) in [6, 6.07) is 12.6. The zero-order chi connectivity index (χ0) is 19.9. The summed E-state index contributed by atoms with van der Waals surface area (Å²) in [5.74, 6) is 0.911. The van der Waals surface area contributed by atoms with E-state index >= 15 is 0 Å². The van der Waals surface area contributed by atoms with E-state index in [-0.39, 0.29) is 11.3 Å². The molecule has 2 aliphatic rings. The first-order valence-corrected chi connectivity index (χ1v) is 10.8. The van der Waals surface area contributed by atoms with Crippen molar-refractivity contribution in [2.24, 2.45) is 0 Å². The number of aromatic nitrogens is 2. The van der Waals surface area contributed by atoms with Crippen LogP contribution < -0.4 is 10.2 Å². The van der Waals surface area contributed by atoms with Crippen LogP contribution in [0.15, 0.2) is 48.8 Å². The Balaban J connectivity index is 1.28. The maximum Gasteiger partial charge on any atom is 0.234 e. The summed E-state index contributed by atoms with van der Waals surface area (Å²) < 4.78 is 0.